The van der Waals surface area contributed by atoms with Gasteiger partial charge in [-0.3, -0.25) is 4.90 Å². The van der Waals surface area contributed by atoms with Crippen molar-refractivity contribution in [1.29, 1.82) is 0 Å². The second-order valence-electron chi connectivity index (χ2n) is 7.25. The highest BCUT2D eigenvalue weighted by Crippen LogP contribution is 2.40. The van der Waals surface area contributed by atoms with Gasteiger partial charge in [0.25, 0.3) is 0 Å². The van der Waals surface area contributed by atoms with E-state index in [1.807, 2.05) is 0 Å². The van der Waals surface area contributed by atoms with Crippen molar-refractivity contribution in [2.24, 2.45) is 11.8 Å². The fourth-order valence-electron chi connectivity index (χ4n) is 4.14. The number of likely N-dealkylation sites (tertiary alicyclic amines) is 1. The van der Waals surface area contributed by atoms with Crippen LogP contribution in [0.5, 0.6) is 0 Å². The van der Waals surface area contributed by atoms with E-state index in [4.69, 9.17) is 0 Å². The summed E-state index contributed by atoms with van der Waals surface area (Å²) in [4.78, 5) is 2.77. The Balaban J connectivity index is 1.61. The van der Waals surface area contributed by atoms with Crippen LogP contribution < -0.4 is 5.32 Å². The number of nitrogens with zero attached hydrogens (tertiary/aromatic N) is 1. The summed E-state index contributed by atoms with van der Waals surface area (Å²) in [5.41, 5.74) is 0.427. The summed E-state index contributed by atoms with van der Waals surface area (Å²) in [5.74, 6) is 1.80. The number of hydrogen-bond donors (Lipinski definition) is 1. The zero-order chi connectivity index (χ0) is 13.7. The molecule has 2 fully saturated rings. The molecular weight excluding hydrogens is 232 g/mol. The van der Waals surface area contributed by atoms with Crippen molar-refractivity contribution in [1.82, 2.24) is 10.2 Å². The van der Waals surface area contributed by atoms with Crippen molar-refractivity contribution in [2.75, 3.05) is 26.2 Å². The fourth-order valence-corrected chi connectivity index (χ4v) is 4.14. The molecule has 2 saturated heterocycles. The van der Waals surface area contributed by atoms with Crippen LogP contribution in [0.25, 0.3) is 0 Å². The molecule has 112 valence electrons. The van der Waals surface area contributed by atoms with E-state index in [2.05, 4.69) is 31.0 Å². The van der Waals surface area contributed by atoms with E-state index in [0.29, 0.717) is 5.54 Å². The molecule has 19 heavy (non-hydrogen) atoms. The van der Waals surface area contributed by atoms with E-state index < -0.39 is 0 Å². The molecule has 2 heterocycles. The van der Waals surface area contributed by atoms with Gasteiger partial charge in [-0.1, -0.05) is 45.4 Å². The Labute approximate surface area is 120 Å². The Morgan fingerprint density at radius 3 is 2.37 bits per heavy atom. The Kier molecular flexibility index (Phi) is 5.70. The first-order valence-electron chi connectivity index (χ1n) is 8.62. The van der Waals surface area contributed by atoms with Crippen LogP contribution in [0.4, 0.5) is 0 Å². The van der Waals surface area contributed by atoms with E-state index in [1.165, 1.54) is 71.1 Å². The summed E-state index contributed by atoms with van der Waals surface area (Å²) < 4.78 is 0. The molecule has 0 bridgehead atoms. The lowest BCUT2D eigenvalue weighted by atomic mass is 9.85. The van der Waals surface area contributed by atoms with Crippen LogP contribution in [-0.2, 0) is 0 Å². The van der Waals surface area contributed by atoms with Gasteiger partial charge in [-0.25, -0.2) is 0 Å². The SMILES string of the molecule is CCCCCCCCCN1CC2CNCC2C1(C)C. The molecule has 2 atom stereocenters. The molecule has 2 aliphatic rings. The highest BCUT2D eigenvalue weighted by Gasteiger charge is 2.48. The molecule has 1 N–H and O–H groups in total. The van der Waals surface area contributed by atoms with E-state index in [-0.39, 0.29) is 0 Å². The summed E-state index contributed by atoms with van der Waals surface area (Å²) in [5, 5.41) is 3.57. The summed E-state index contributed by atoms with van der Waals surface area (Å²) in [6.07, 6.45) is 9.97. The van der Waals surface area contributed by atoms with Gasteiger partial charge in [-0.05, 0) is 45.2 Å². The van der Waals surface area contributed by atoms with Gasteiger partial charge in [0.05, 0.1) is 0 Å². The lowest BCUT2D eigenvalue weighted by Gasteiger charge is -2.35. The van der Waals surface area contributed by atoms with Crippen molar-refractivity contribution >= 4 is 0 Å². The fraction of sp³-hybridized carbons (Fsp3) is 1.00. The van der Waals surface area contributed by atoms with Crippen molar-refractivity contribution in [2.45, 2.75) is 71.3 Å². The second kappa shape index (κ2) is 7.08. The second-order valence-corrected chi connectivity index (χ2v) is 7.25. The normalized spacial score (nSPS) is 29.8. The van der Waals surface area contributed by atoms with Crippen molar-refractivity contribution in [3.8, 4) is 0 Å². The third-order valence-corrected chi connectivity index (χ3v) is 5.55. The smallest absolute Gasteiger partial charge is 0.0197 e. The number of fused-ring (bicyclic) bond motifs is 1. The van der Waals surface area contributed by atoms with Gasteiger partial charge < -0.3 is 5.32 Å². The summed E-state index contributed by atoms with van der Waals surface area (Å²) in [6, 6.07) is 0. The summed E-state index contributed by atoms with van der Waals surface area (Å²) in [6.45, 7) is 12.4. The third kappa shape index (κ3) is 3.72. The lowest BCUT2D eigenvalue weighted by Crippen LogP contribution is -2.44. The topological polar surface area (TPSA) is 15.3 Å². The number of unbranched alkanes of at least 4 members (excludes halogenated alkanes) is 6. The highest BCUT2D eigenvalue weighted by atomic mass is 15.2. The Bertz CT molecular complexity index is 262. The molecule has 0 aromatic carbocycles. The van der Waals surface area contributed by atoms with Gasteiger partial charge in [-0.2, -0.15) is 0 Å². The predicted octanol–water partition coefficient (Wildman–Crippen LogP) is 3.67. The Morgan fingerprint density at radius 2 is 1.68 bits per heavy atom. The van der Waals surface area contributed by atoms with Crippen molar-refractivity contribution < 1.29 is 0 Å². The van der Waals surface area contributed by atoms with Gasteiger partial charge in [-0.15, -0.1) is 0 Å². The molecular formula is C17H34N2. The van der Waals surface area contributed by atoms with Crippen LogP contribution in [0.2, 0.25) is 0 Å². The van der Waals surface area contributed by atoms with Crippen LogP contribution in [-0.4, -0.2) is 36.6 Å². The highest BCUT2D eigenvalue weighted by molar-refractivity contribution is 5.04. The van der Waals surface area contributed by atoms with Crippen LogP contribution >= 0.6 is 0 Å². The molecule has 0 aromatic rings. The standard InChI is InChI=1S/C17H34N2/c1-4-5-6-7-8-9-10-11-19-14-15-12-18-13-16(15)17(19,2)3/h15-16,18H,4-14H2,1-3H3. The molecule has 0 amide bonds. The Morgan fingerprint density at radius 1 is 1.00 bits per heavy atom. The number of hydrogen-bond acceptors (Lipinski definition) is 2. The molecule has 2 nitrogen and oxygen atoms in total. The molecule has 2 rings (SSSR count). The molecule has 0 radical (unpaired) electrons. The minimum absolute atomic E-state index is 0.427. The quantitative estimate of drug-likeness (QED) is 0.674. The third-order valence-electron chi connectivity index (χ3n) is 5.55. The summed E-state index contributed by atoms with van der Waals surface area (Å²) >= 11 is 0. The van der Waals surface area contributed by atoms with E-state index in [1.54, 1.807) is 0 Å². The van der Waals surface area contributed by atoms with Crippen LogP contribution in [0.1, 0.15) is 65.7 Å². The average molecular weight is 266 g/mol. The Hall–Kier alpha value is -0.0800. The predicted molar refractivity (Wildman–Crippen MR) is 83.5 cm³/mol. The molecule has 0 saturated carbocycles. The zero-order valence-electron chi connectivity index (χ0n) is 13.4. The zero-order valence-corrected chi connectivity index (χ0v) is 13.4. The minimum Gasteiger partial charge on any atom is -0.316 e. The molecule has 2 unspecified atom stereocenters. The van der Waals surface area contributed by atoms with Crippen molar-refractivity contribution in [3.05, 3.63) is 0 Å². The first kappa shape index (κ1) is 15.3. The maximum Gasteiger partial charge on any atom is 0.0197 e. The maximum absolute atomic E-state index is 3.57. The first-order chi connectivity index (χ1) is 9.16. The van der Waals surface area contributed by atoms with Crippen molar-refractivity contribution in [3.63, 3.8) is 0 Å². The van der Waals surface area contributed by atoms with Crippen LogP contribution in [0, 0.1) is 11.8 Å². The average Bonchev–Trinajstić information content (AvgIpc) is 2.92. The first-order valence-corrected chi connectivity index (χ1v) is 8.62. The number of rotatable bonds is 8. The molecule has 2 heteroatoms. The molecule has 0 spiro atoms. The maximum atomic E-state index is 3.57. The molecule has 2 aliphatic heterocycles. The van der Waals surface area contributed by atoms with Crippen LogP contribution in [0.3, 0.4) is 0 Å². The molecule has 0 aliphatic carbocycles. The van der Waals surface area contributed by atoms with Gasteiger partial charge >= 0.3 is 0 Å². The van der Waals surface area contributed by atoms with E-state index in [9.17, 15) is 0 Å². The van der Waals surface area contributed by atoms with Gasteiger partial charge in [0, 0.05) is 18.6 Å². The molecule has 0 aromatic heterocycles. The van der Waals surface area contributed by atoms with Gasteiger partial charge in [0.15, 0.2) is 0 Å². The minimum atomic E-state index is 0.427. The van der Waals surface area contributed by atoms with E-state index in [0.717, 1.165) is 11.8 Å². The summed E-state index contributed by atoms with van der Waals surface area (Å²) in [7, 11) is 0. The van der Waals surface area contributed by atoms with Crippen LogP contribution in [0.15, 0.2) is 0 Å². The van der Waals surface area contributed by atoms with E-state index >= 15 is 0 Å². The number of nitrogens with one attached hydrogen (secondary N) is 1. The lowest BCUT2D eigenvalue weighted by molar-refractivity contribution is 0.137. The van der Waals surface area contributed by atoms with Gasteiger partial charge in [0.1, 0.15) is 0 Å². The largest absolute Gasteiger partial charge is 0.316 e. The monoisotopic (exact) mass is 266 g/mol. The van der Waals surface area contributed by atoms with Gasteiger partial charge in [0.2, 0.25) is 0 Å².